The lowest BCUT2D eigenvalue weighted by Gasteiger charge is -1.98. The zero-order valence-corrected chi connectivity index (χ0v) is 14.5. The van der Waals surface area contributed by atoms with E-state index in [1.165, 1.54) is 0 Å². The third-order valence-corrected chi connectivity index (χ3v) is 4.17. The minimum absolute atomic E-state index is 0.0700. The monoisotopic (exact) mass is 351 g/mol. The number of hydrogen-bond acceptors (Lipinski definition) is 5. The molecule has 3 N–H and O–H groups in total. The second-order valence-electron chi connectivity index (χ2n) is 6.46. The van der Waals surface area contributed by atoms with E-state index in [4.69, 9.17) is 9.63 Å². The highest BCUT2D eigenvalue weighted by Gasteiger charge is 2.16. The van der Waals surface area contributed by atoms with E-state index in [1.54, 1.807) is 6.92 Å². The normalized spacial score (nSPS) is 11.5. The quantitative estimate of drug-likeness (QED) is 0.515. The summed E-state index contributed by atoms with van der Waals surface area (Å²) in [4.78, 5) is 25.7. The topological polar surface area (TPSA) is 121 Å². The first kappa shape index (κ1) is 16.1. The second kappa shape index (κ2) is 5.83. The Kier molecular flexibility index (Phi) is 3.61. The smallest absolute Gasteiger partial charge is 0.371 e. The van der Waals surface area contributed by atoms with Crippen LogP contribution in [0.25, 0.3) is 33.7 Å². The van der Waals surface area contributed by atoms with Gasteiger partial charge in [0.25, 0.3) is 5.89 Å². The van der Waals surface area contributed by atoms with Gasteiger partial charge in [0.05, 0.1) is 5.69 Å². The van der Waals surface area contributed by atoms with Crippen LogP contribution < -0.4 is 0 Å². The van der Waals surface area contributed by atoms with E-state index < -0.39 is 5.97 Å². The minimum Gasteiger partial charge on any atom is -0.475 e. The van der Waals surface area contributed by atoms with E-state index in [2.05, 4.69) is 25.1 Å². The largest absolute Gasteiger partial charge is 0.475 e. The van der Waals surface area contributed by atoms with Crippen LogP contribution >= 0.6 is 0 Å². The summed E-state index contributed by atoms with van der Waals surface area (Å²) in [7, 11) is 0. The van der Waals surface area contributed by atoms with Gasteiger partial charge >= 0.3 is 5.97 Å². The molecule has 0 saturated heterocycles. The molecule has 8 heteroatoms. The van der Waals surface area contributed by atoms with Crippen molar-refractivity contribution in [1.82, 2.24) is 25.1 Å². The molecule has 26 heavy (non-hydrogen) atoms. The van der Waals surface area contributed by atoms with Crippen molar-refractivity contribution in [3.05, 3.63) is 41.6 Å². The van der Waals surface area contributed by atoms with Gasteiger partial charge in [0.1, 0.15) is 5.69 Å². The second-order valence-corrected chi connectivity index (χ2v) is 6.46. The molecule has 4 aromatic rings. The molecule has 0 fully saturated rings. The molecule has 0 saturated carbocycles. The molecule has 0 spiro atoms. The fourth-order valence-electron chi connectivity index (χ4n) is 2.82. The molecule has 0 amide bonds. The number of rotatable bonds is 4. The van der Waals surface area contributed by atoms with Gasteiger partial charge in [0.15, 0.2) is 5.82 Å². The summed E-state index contributed by atoms with van der Waals surface area (Å²) in [5, 5.41) is 14.0. The van der Waals surface area contributed by atoms with Crippen LogP contribution in [0.3, 0.4) is 0 Å². The van der Waals surface area contributed by atoms with Crippen LogP contribution in [-0.2, 0) is 0 Å². The van der Waals surface area contributed by atoms with Gasteiger partial charge in [-0.05, 0) is 25.1 Å². The zero-order valence-electron chi connectivity index (χ0n) is 14.5. The van der Waals surface area contributed by atoms with Crippen molar-refractivity contribution in [2.75, 3.05) is 0 Å². The number of fused-ring (bicyclic) bond motifs is 1. The Balaban J connectivity index is 1.75. The highest BCUT2D eigenvalue weighted by atomic mass is 16.5. The number of benzene rings is 1. The fraction of sp³-hybridized carbons (Fsp3) is 0.222. The molecular weight excluding hydrogens is 334 g/mol. The predicted molar refractivity (Wildman–Crippen MR) is 95.0 cm³/mol. The van der Waals surface area contributed by atoms with Crippen molar-refractivity contribution in [2.45, 2.75) is 26.7 Å². The minimum atomic E-state index is -1.08. The molecule has 1 aromatic carbocycles. The van der Waals surface area contributed by atoms with Gasteiger partial charge in [-0.3, -0.25) is 0 Å². The Morgan fingerprint density at radius 3 is 2.65 bits per heavy atom. The highest BCUT2D eigenvalue weighted by molar-refractivity contribution is 5.89. The van der Waals surface area contributed by atoms with Crippen LogP contribution in [0.2, 0.25) is 0 Å². The highest BCUT2D eigenvalue weighted by Crippen LogP contribution is 2.29. The maximum atomic E-state index is 11.1. The van der Waals surface area contributed by atoms with Crippen LogP contribution in [0.5, 0.6) is 0 Å². The summed E-state index contributed by atoms with van der Waals surface area (Å²) in [6.07, 6.45) is 0. The third kappa shape index (κ3) is 2.65. The number of nitrogens with one attached hydrogen (secondary N) is 2. The van der Waals surface area contributed by atoms with Crippen molar-refractivity contribution in [1.29, 1.82) is 0 Å². The number of aromatic amines is 2. The predicted octanol–water partition coefficient (Wildman–Crippen LogP) is 3.74. The van der Waals surface area contributed by atoms with Gasteiger partial charge in [-0.15, -0.1) is 0 Å². The van der Waals surface area contributed by atoms with Crippen molar-refractivity contribution in [2.24, 2.45) is 0 Å². The summed E-state index contributed by atoms with van der Waals surface area (Å²) in [6, 6.07) is 7.69. The molecule has 0 bridgehead atoms. The van der Waals surface area contributed by atoms with E-state index in [-0.39, 0.29) is 11.7 Å². The molecule has 0 aliphatic heterocycles. The van der Waals surface area contributed by atoms with Crippen molar-refractivity contribution >= 4 is 16.9 Å². The molecule has 0 aliphatic rings. The first-order valence-corrected chi connectivity index (χ1v) is 8.19. The summed E-state index contributed by atoms with van der Waals surface area (Å²) >= 11 is 0. The summed E-state index contributed by atoms with van der Waals surface area (Å²) in [5.41, 5.74) is 3.81. The molecule has 3 heterocycles. The van der Waals surface area contributed by atoms with E-state index in [0.717, 1.165) is 22.2 Å². The van der Waals surface area contributed by atoms with Gasteiger partial charge in [0, 0.05) is 28.1 Å². The Morgan fingerprint density at radius 2 is 2.00 bits per heavy atom. The summed E-state index contributed by atoms with van der Waals surface area (Å²) < 4.78 is 5.33. The molecule has 3 aromatic heterocycles. The van der Waals surface area contributed by atoms with Gasteiger partial charge in [-0.2, -0.15) is 4.98 Å². The number of aromatic carboxylic acids is 1. The van der Waals surface area contributed by atoms with Gasteiger partial charge < -0.3 is 19.6 Å². The molecule has 0 radical (unpaired) electrons. The fourth-order valence-corrected chi connectivity index (χ4v) is 2.82. The van der Waals surface area contributed by atoms with Gasteiger partial charge in [0.2, 0.25) is 5.82 Å². The standard InChI is InChI=1S/C18H17N5O3/c1-8(2)15-22-17(26-23-15)13-7-11-6-10(4-5-12(11)20-13)14-9(3)19-16(21-14)18(24)25/h4-8,20H,1-3H3,(H,19,21)(H,24,25). The molecule has 8 nitrogen and oxygen atoms in total. The maximum absolute atomic E-state index is 11.1. The Bertz CT molecular complexity index is 1120. The number of aryl methyl sites for hydroxylation is 1. The lowest BCUT2D eigenvalue weighted by Crippen LogP contribution is -1.98. The molecular formula is C18H17N5O3. The van der Waals surface area contributed by atoms with Gasteiger partial charge in [-0.1, -0.05) is 25.1 Å². The lowest BCUT2D eigenvalue weighted by molar-refractivity contribution is 0.0684. The number of carboxylic acid groups (broad SMARTS) is 1. The first-order chi connectivity index (χ1) is 12.4. The number of aromatic nitrogens is 5. The van der Waals surface area contributed by atoms with E-state index >= 15 is 0 Å². The first-order valence-electron chi connectivity index (χ1n) is 8.19. The van der Waals surface area contributed by atoms with Crippen molar-refractivity contribution in [3.63, 3.8) is 0 Å². The number of imidazole rings is 1. The molecule has 4 rings (SSSR count). The summed E-state index contributed by atoms with van der Waals surface area (Å²) in [6.45, 7) is 5.81. The number of carbonyl (C=O) groups is 1. The van der Waals surface area contributed by atoms with E-state index in [9.17, 15) is 4.79 Å². The van der Waals surface area contributed by atoms with Crippen molar-refractivity contribution < 1.29 is 14.4 Å². The molecule has 132 valence electrons. The number of carboxylic acids is 1. The van der Waals surface area contributed by atoms with Gasteiger partial charge in [-0.25, -0.2) is 9.78 Å². The van der Waals surface area contributed by atoms with Crippen LogP contribution in [-0.4, -0.2) is 36.2 Å². The molecule has 0 atom stereocenters. The third-order valence-electron chi connectivity index (χ3n) is 4.17. The number of nitrogens with zero attached hydrogens (tertiary/aromatic N) is 3. The Hall–Kier alpha value is -3.42. The molecule has 0 aliphatic carbocycles. The van der Waals surface area contributed by atoms with Crippen LogP contribution in [0.15, 0.2) is 28.8 Å². The zero-order chi connectivity index (χ0) is 18.4. The average Bonchev–Trinajstić information content (AvgIpc) is 3.31. The number of H-pyrrole nitrogens is 2. The Labute approximate surface area is 148 Å². The van der Waals surface area contributed by atoms with Crippen LogP contribution in [0.1, 0.15) is 41.9 Å². The Morgan fingerprint density at radius 1 is 1.19 bits per heavy atom. The molecule has 0 unspecified atom stereocenters. The van der Waals surface area contributed by atoms with E-state index in [0.29, 0.717) is 23.1 Å². The van der Waals surface area contributed by atoms with Crippen molar-refractivity contribution in [3.8, 4) is 22.8 Å². The van der Waals surface area contributed by atoms with Crippen LogP contribution in [0.4, 0.5) is 0 Å². The van der Waals surface area contributed by atoms with Crippen LogP contribution in [0, 0.1) is 6.92 Å². The van der Waals surface area contributed by atoms with E-state index in [1.807, 2.05) is 38.1 Å². The number of hydrogen-bond donors (Lipinski definition) is 3. The average molecular weight is 351 g/mol. The summed E-state index contributed by atoms with van der Waals surface area (Å²) in [5.74, 6) is 0.138. The maximum Gasteiger partial charge on any atom is 0.371 e. The lowest BCUT2D eigenvalue weighted by atomic mass is 10.1. The SMILES string of the molecule is Cc1[nH]c(C(=O)O)nc1-c1ccc2[nH]c(-c3nc(C(C)C)no3)cc2c1.